The molecule has 0 amide bonds. The summed E-state index contributed by atoms with van der Waals surface area (Å²) >= 11 is 0. The van der Waals surface area contributed by atoms with Crippen LogP contribution < -0.4 is 0 Å². The molecule has 0 N–H and O–H groups in total. The molecule has 0 radical (unpaired) electrons. The molecule has 2 heteroatoms. The summed E-state index contributed by atoms with van der Waals surface area (Å²) in [4.78, 5) is 12.4. The fourth-order valence-corrected chi connectivity index (χ4v) is 4.08. The Morgan fingerprint density at radius 2 is 1.71 bits per heavy atom. The van der Waals surface area contributed by atoms with Crippen LogP contribution in [0.1, 0.15) is 84.5 Å². The zero-order chi connectivity index (χ0) is 17.2. The third-order valence-electron chi connectivity index (χ3n) is 5.75. The minimum Gasteiger partial charge on any atom is -0.462 e. The van der Waals surface area contributed by atoms with E-state index in [1.807, 2.05) is 0 Å². The monoisotopic (exact) mass is 332 g/mol. The van der Waals surface area contributed by atoms with Gasteiger partial charge in [0.15, 0.2) is 0 Å². The standard InChI is InChI=1S/C22H36O2/c1-3-5-7-9-19-12-16-21(17-13-19)24-22(23)20-14-10-18(11-15-20)8-6-4-2/h4,6-7,9,18-21H,3,5,8,10-17H2,1-2H3. The second-order valence-corrected chi connectivity index (χ2v) is 7.71. The van der Waals surface area contributed by atoms with Gasteiger partial charge >= 0.3 is 5.97 Å². The maximum atomic E-state index is 12.4. The molecule has 24 heavy (non-hydrogen) atoms. The predicted molar refractivity (Wildman–Crippen MR) is 101 cm³/mol. The van der Waals surface area contributed by atoms with Crippen molar-refractivity contribution in [3.8, 4) is 0 Å². The van der Waals surface area contributed by atoms with E-state index >= 15 is 0 Å². The van der Waals surface area contributed by atoms with Gasteiger partial charge in [0.1, 0.15) is 6.10 Å². The first-order valence-electron chi connectivity index (χ1n) is 10.2. The molecular formula is C22H36O2. The number of ether oxygens (including phenoxy) is 1. The molecule has 0 aromatic heterocycles. The van der Waals surface area contributed by atoms with Crippen molar-refractivity contribution in [1.29, 1.82) is 0 Å². The van der Waals surface area contributed by atoms with E-state index in [4.69, 9.17) is 4.74 Å². The number of hydrogen-bond donors (Lipinski definition) is 0. The largest absolute Gasteiger partial charge is 0.462 e. The minimum absolute atomic E-state index is 0.0875. The van der Waals surface area contributed by atoms with Crippen LogP contribution in [-0.2, 0) is 9.53 Å². The fraction of sp³-hybridized carbons (Fsp3) is 0.773. The molecule has 2 nitrogen and oxygen atoms in total. The average Bonchev–Trinajstić information content (AvgIpc) is 2.62. The second-order valence-electron chi connectivity index (χ2n) is 7.71. The first kappa shape index (κ1) is 19.3. The summed E-state index contributed by atoms with van der Waals surface area (Å²) in [5, 5.41) is 0. The zero-order valence-electron chi connectivity index (χ0n) is 15.7. The summed E-state index contributed by atoms with van der Waals surface area (Å²) < 4.78 is 5.84. The van der Waals surface area contributed by atoms with Gasteiger partial charge in [-0.2, -0.15) is 0 Å². The Kier molecular flexibility index (Phi) is 8.63. The molecule has 0 unspecified atom stereocenters. The molecule has 0 saturated heterocycles. The summed E-state index contributed by atoms with van der Waals surface area (Å²) in [6, 6.07) is 0. The lowest BCUT2D eigenvalue weighted by Gasteiger charge is -2.30. The van der Waals surface area contributed by atoms with Crippen LogP contribution in [-0.4, -0.2) is 12.1 Å². The van der Waals surface area contributed by atoms with E-state index in [0.29, 0.717) is 5.92 Å². The van der Waals surface area contributed by atoms with E-state index in [1.54, 1.807) is 0 Å². The fourth-order valence-electron chi connectivity index (χ4n) is 4.08. The molecular weight excluding hydrogens is 296 g/mol. The third kappa shape index (κ3) is 6.45. The second kappa shape index (κ2) is 10.7. The van der Waals surface area contributed by atoms with Crippen molar-refractivity contribution in [3.63, 3.8) is 0 Å². The molecule has 2 aliphatic carbocycles. The van der Waals surface area contributed by atoms with Crippen molar-refractivity contribution in [2.24, 2.45) is 17.8 Å². The van der Waals surface area contributed by atoms with Gasteiger partial charge in [-0.1, -0.05) is 37.6 Å². The maximum absolute atomic E-state index is 12.4. The van der Waals surface area contributed by atoms with Crippen LogP contribution in [0.2, 0.25) is 0 Å². The van der Waals surface area contributed by atoms with Crippen molar-refractivity contribution < 1.29 is 9.53 Å². The number of rotatable bonds is 7. The van der Waals surface area contributed by atoms with Gasteiger partial charge in [0.25, 0.3) is 0 Å². The van der Waals surface area contributed by atoms with Crippen molar-refractivity contribution >= 4 is 5.97 Å². The molecule has 0 atom stereocenters. The lowest BCUT2D eigenvalue weighted by Crippen LogP contribution is -2.29. The summed E-state index contributed by atoms with van der Waals surface area (Å²) in [5.74, 6) is 1.72. The molecule has 136 valence electrons. The number of esters is 1. The van der Waals surface area contributed by atoms with Crippen molar-refractivity contribution in [3.05, 3.63) is 24.3 Å². The quantitative estimate of drug-likeness (QED) is 0.409. The van der Waals surface area contributed by atoms with Gasteiger partial charge in [-0.05, 0) is 83.0 Å². The highest BCUT2D eigenvalue weighted by atomic mass is 16.5. The van der Waals surface area contributed by atoms with E-state index in [1.165, 1.54) is 44.9 Å². The van der Waals surface area contributed by atoms with Crippen LogP contribution in [0.4, 0.5) is 0 Å². The maximum Gasteiger partial charge on any atom is 0.309 e. The van der Waals surface area contributed by atoms with Gasteiger partial charge in [-0.25, -0.2) is 0 Å². The van der Waals surface area contributed by atoms with E-state index in [2.05, 4.69) is 38.2 Å². The number of hydrogen-bond acceptors (Lipinski definition) is 2. The average molecular weight is 333 g/mol. The van der Waals surface area contributed by atoms with Gasteiger partial charge in [0.05, 0.1) is 5.92 Å². The first-order valence-corrected chi connectivity index (χ1v) is 10.2. The number of carbonyl (C=O) groups is 1. The lowest BCUT2D eigenvalue weighted by molar-refractivity contribution is -0.157. The molecule has 2 saturated carbocycles. The molecule has 2 aliphatic rings. The highest BCUT2D eigenvalue weighted by Gasteiger charge is 2.30. The molecule has 0 spiro atoms. The summed E-state index contributed by atoms with van der Waals surface area (Å²) in [6.07, 6.45) is 21.7. The van der Waals surface area contributed by atoms with E-state index in [9.17, 15) is 4.79 Å². The first-order chi connectivity index (χ1) is 11.7. The Morgan fingerprint density at radius 1 is 1.00 bits per heavy atom. The van der Waals surface area contributed by atoms with Gasteiger partial charge in [0.2, 0.25) is 0 Å². The lowest BCUT2D eigenvalue weighted by atomic mass is 9.80. The Balaban J connectivity index is 1.65. The van der Waals surface area contributed by atoms with Crippen LogP contribution in [0.15, 0.2) is 24.3 Å². The number of allylic oxidation sites excluding steroid dienone is 4. The topological polar surface area (TPSA) is 26.3 Å². The van der Waals surface area contributed by atoms with Crippen molar-refractivity contribution in [1.82, 2.24) is 0 Å². The molecule has 0 heterocycles. The summed E-state index contributed by atoms with van der Waals surface area (Å²) in [6.45, 7) is 4.30. The highest BCUT2D eigenvalue weighted by molar-refractivity contribution is 5.72. The van der Waals surface area contributed by atoms with Gasteiger partial charge in [-0.3, -0.25) is 4.79 Å². The zero-order valence-corrected chi connectivity index (χ0v) is 15.7. The Morgan fingerprint density at radius 3 is 2.33 bits per heavy atom. The highest BCUT2D eigenvalue weighted by Crippen LogP contribution is 2.33. The van der Waals surface area contributed by atoms with Gasteiger partial charge in [0, 0.05) is 0 Å². The van der Waals surface area contributed by atoms with Crippen LogP contribution in [0.25, 0.3) is 0 Å². The predicted octanol–water partition coefficient (Wildman–Crippen LogP) is 6.22. The summed E-state index contributed by atoms with van der Waals surface area (Å²) in [7, 11) is 0. The van der Waals surface area contributed by atoms with Crippen LogP contribution >= 0.6 is 0 Å². The Labute approximate surface area is 148 Å². The van der Waals surface area contributed by atoms with Crippen molar-refractivity contribution in [2.75, 3.05) is 0 Å². The van der Waals surface area contributed by atoms with Crippen LogP contribution in [0, 0.1) is 17.8 Å². The molecule has 0 aromatic rings. The molecule has 0 aromatic carbocycles. The van der Waals surface area contributed by atoms with Gasteiger partial charge in [-0.15, -0.1) is 0 Å². The molecule has 0 bridgehead atoms. The minimum atomic E-state index is 0.0875. The number of unbranched alkanes of at least 4 members (excludes halogenated alkanes) is 1. The van der Waals surface area contributed by atoms with Crippen LogP contribution in [0.5, 0.6) is 0 Å². The van der Waals surface area contributed by atoms with E-state index in [-0.39, 0.29) is 18.0 Å². The normalized spacial score (nSPS) is 31.6. The van der Waals surface area contributed by atoms with Gasteiger partial charge < -0.3 is 4.74 Å². The third-order valence-corrected chi connectivity index (χ3v) is 5.75. The smallest absolute Gasteiger partial charge is 0.309 e. The molecule has 2 rings (SSSR count). The Bertz CT molecular complexity index is 408. The molecule has 0 aliphatic heterocycles. The summed E-state index contributed by atoms with van der Waals surface area (Å²) in [5.41, 5.74) is 0. The van der Waals surface area contributed by atoms with Crippen molar-refractivity contribution in [2.45, 2.75) is 90.6 Å². The van der Waals surface area contributed by atoms with Crippen LogP contribution in [0.3, 0.4) is 0 Å². The van der Waals surface area contributed by atoms with E-state index < -0.39 is 0 Å². The van der Waals surface area contributed by atoms with E-state index in [0.717, 1.165) is 31.6 Å². The SMILES string of the molecule is CC=CCC1CCC(C(=O)OC2CCC(C=CCCC)CC2)CC1. The number of carbonyl (C=O) groups excluding carboxylic acids is 1. The molecule has 2 fully saturated rings. The Hall–Kier alpha value is -1.05.